The molecule has 0 radical (unpaired) electrons. The third kappa shape index (κ3) is 0.833. The van der Waals surface area contributed by atoms with Crippen LogP contribution in [0.4, 0.5) is 0 Å². The predicted molar refractivity (Wildman–Crippen MR) is 41.5 cm³/mol. The Hall–Kier alpha value is -1.91. The standard InChI is InChI=1S/C7H6N4O/c8-6(12)7-10-4-5-3-9-1-2-11(5)7/h1-4H,(H2,8,12). The number of nitrogens with zero attached hydrogens (tertiary/aromatic N) is 3. The van der Waals surface area contributed by atoms with Crippen LogP contribution in [-0.4, -0.2) is 20.3 Å². The van der Waals surface area contributed by atoms with Gasteiger partial charge in [0.2, 0.25) is 5.82 Å². The minimum Gasteiger partial charge on any atom is -0.363 e. The summed E-state index contributed by atoms with van der Waals surface area (Å²) < 4.78 is 1.59. The van der Waals surface area contributed by atoms with Gasteiger partial charge >= 0.3 is 0 Å². The largest absolute Gasteiger partial charge is 0.363 e. The lowest BCUT2D eigenvalue weighted by atomic mass is 10.5. The van der Waals surface area contributed by atoms with Crippen molar-refractivity contribution in [2.75, 3.05) is 0 Å². The number of hydrogen-bond donors (Lipinski definition) is 1. The van der Waals surface area contributed by atoms with Crippen LogP contribution >= 0.6 is 0 Å². The summed E-state index contributed by atoms with van der Waals surface area (Å²) >= 11 is 0. The van der Waals surface area contributed by atoms with Crippen molar-refractivity contribution in [3.63, 3.8) is 0 Å². The Morgan fingerprint density at radius 3 is 3.08 bits per heavy atom. The van der Waals surface area contributed by atoms with Gasteiger partial charge in [0, 0.05) is 12.4 Å². The second-order valence-corrected chi connectivity index (χ2v) is 2.32. The number of fused-ring (bicyclic) bond motifs is 1. The van der Waals surface area contributed by atoms with Gasteiger partial charge in [0.05, 0.1) is 17.9 Å². The molecule has 0 aliphatic rings. The number of imidazole rings is 1. The Balaban J connectivity index is 2.79. The SMILES string of the molecule is NC(=O)c1ncc2cnccn12. The van der Waals surface area contributed by atoms with Gasteiger partial charge in [0.25, 0.3) is 5.91 Å². The minimum atomic E-state index is -0.541. The molecule has 0 atom stereocenters. The fraction of sp³-hybridized carbons (Fsp3) is 0. The fourth-order valence-electron chi connectivity index (χ4n) is 1.03. The summed E-state index contributed by atoms with van der Waals surface area (Å²) in [5.74, 6) is -0.311. The molecule has 2 aromatic rings. The van der Waals surface area contributed by atoms with E-state index in [0.29, 0.717) is 0 Å². The van der Waals surface area contributed by atoms with Gasteiger partial charge in [-0.2, -0.15) is 0 Å². The molecule has 2 heterocycles. The third-order valence-electron chi connectivity index (χ3n) is 1.55. The summed E-state index contributed by atoms with van der Waals surface area (Å²) in [5, 5.41) is 0. The Bertz CT molecular complexity index is 434. The molecule has 0 aliphatic carbocycles. The van der Waals surface area contributed by atoms with E-state index < -0.39 is 5.91 Å². The van der Waals surface area contributed by atoms with E-state index in [-0.39, 0.29) is 5.82 Å². The summed E-state index contributed by atoms with van der Waals surface area (Å²) in [7, 11) is 0. The molecule has 0 aromatic carbocycles. The molecule has 2 N–H and O–H groups in total. The molecule has 2 aromatic heterocycles. The molecule has 60 valence electrons. The highest BCUT2D eigenvalue weighted by atomic mass is 16.1. The first-order valence-corrected chi connectivity index (χ1v) is 3.36. The molecule has 5 nitrogen and oxygen atoms in total. The van der Waals surface area contributed by atoms with Gasteiger partial charge in [0.15, 0.2) is 0 Å². The van der Waals surface area contributed by atoms with Crippen molar-refractivity contribution < 1.29 is 4.79 Å². The quantitative estimate of drug-likeness (QED) is 0.632. The maximum Gasteiger partial charge on any atom is 0.285 e. The van der Waals surface area contributed by atoms with Gasteiger partial charge in [-0.05, 0) is 0 Å². The van der Waals surface area contributed by atoms with Crippen molar-refractivity contribution in [1.82, 2.24) is 14.4 Å². The predicted octanol–water partition coefficient (Wildman–Crippen LogP) is -0.172. The lowest BCUT2D eigenvalue weighted by molar-refractivity contribution is 0.0990. The van der Waals surface area contributed by atoms with Crippen LogP contribution in [0.25, 0.3) is 5.52 Å². The molecule has 0 spiro atoms. The molecule has 0 fully saturated rings. The zero-order valence-corrected chi connectivity index (χ0v) is 6.14. The average Bonchev–Trinajstić information content (AvgIpc) is 2.47. The number of rotatable bonds is 1. The zero-order chi connectivity index (χ0) is 8.55. The van der Waals surface area contributed by atoms with Crippen LogP contribution in [0, 0.1) is 0 Å². The first-order chi connectivity index (χ1) is 5.79. The maximum atomic E-state index is 10.8. The number of nitrogens with two attached hydrogens (primary N) is 1. The number of carbonyl (C=O) groups excluding carboxylic acids is 1. The highest BCUT2D eigenvalue weighted by Crippen LogP contribution is 2.02. The molecule has 0 saturated carbocycles. The molecule has 2 rings (SSSR count). The van der Waals surface area contributed by atoms with Crippen molar-refractivity contribution >= 4 is 11.4 Å². The van der Waals surface area contributed by atoms with E-state index in [2.05, 4.69) is 9.97 Å². The second-order valence-electron chi connectivity index (χ2n) is 2.32. The number of aromatic nitrogens is 3. The average molecular weight is 162 g/mol. The lowest BCUT2D eigenvalue weighted by Gasteiger charge is -1.93. The van der Waals surface area contributed by atoms with Crippen LogP contribution in [0.2, 0.25) is 0 Å². The van der Waals surface area contributed by atoms with Gasteiger partial charge in [-0.3, -0.25) is 14.2 Å². The molecule has 0 saturated heterocycles. The second kappa shape index (κ2) is 2.30. The van der Waals surface area contributed by atoms with E-state index in [0.717, 1.165) is 5.52 Å². The first-order valence-electron chi connectivity index (χ1n) is 3.36. The maximum absolute atomic E-state index is 10.8. The number of carbonyl (C=O) groups is 1. The Morgan fingerprint density at radius 2 is 2.33 bits per heavy atom. The smallest absolute Gasteiger partial charge is 0.285 e. The lowest BCUT2D eigenvalue weighted by Crippen LogP contribution is -2.14. The molecule has 5 heteroatoms. The summed E-state index contributed by atoms with van der Waals surface area (Å²) in [5.41, 5.74) is 5.84. The van der Waals surface area contributed by atoms with E-state index in [9.17, 15) is 4.79 Å². The molecule has 12 heavy (non-hydrogen) atoms. The van der Waals surface area contributed by atoms with Crippen molar-refractivity contribution in [2.24, 2.45) is 5.73 Å². The molecular formula is C7H6N4O. The summed E-state index contributed by atoms with van der Waals surface area (Å²) in [6.07, 6.45) is 6.37. The van der Waals surface area contributed by atoms with Gasteiger partial charge in [-0.25, -0.2) is 4.98 Å². The number of hydrogen-bond acceptors (Lipinski definition) is 3. The first kappa shape index (κ1) is 6.78. The van der Waals surface area contributed by atoms with Crippen LogP contribution in [0.5, 0.6) is 0 Å². The van der Waals surface area contributed by atoms with Gasteiger partial charge in [0.1, 0.15) is 0 Å². The summed E-state index contributed by atoms with van der Waals surface area (Å²) in [6, 6.07) is 0. The molecule has 0 unspecified atom stereocenters. The highest BCUT2D eigenvalue weighted by Gasteiger charge is 2.07. The minimum absolute atomic E-state index is 0.229. The van der Waals surface area contributed by atoms with Crippen molar-refractivity contribution in [2.45, 2.75) is 0 Å². The molecule has 1 amide bonds. The van der Waals surface area contributed by atoms with E-state index >= 15 is 0 Å². The van der Waals surface area contributed by atoms with Crippen LogP contribution in [-0.2, 0) is 0 Å². The van der Waals surface area contributed by atoms with Gasteiger partial charge in [-0.1, -0.05) is 0 Å². The van der Waals surface area contributed by atoms with Crippen LogP contribution < -0.4 is 5.73 Å². The number of primary amides is 1. The third-order valence-corrected chi connectivity index (χ3v) is 1.55. The summed E-state index contributed by atoms with van der Waals surface area (Å²) in [6.45, 7) is 0. The van der Waals surface area contributed by atoms with Crippen LogP contribution in [0.1, 0.15) is 10.6 Å². The normalized spacial score (nSPS) is 10.3. The monoisotopic (exact) mass is 162 g/mol. The van der Waals surface area contributed by atoms with Gasteiger partial charge in [-0.15, -0.1) is 0 Å². The van der Waals surface area contributed by atoms with E-state index in [4.69, 9.17) is 5.73 Å². The fourth-order valence-corrected chi connectivity index (χ4v) is 1.03. The van der Waals surface area contributed by atoms with Crippen LogP contribution in [0.15, 0.2) is 24.8 Å². The Morgan fingerprint density at radius 1 is 1.50 bits per heavy atom. The van der Waals surface area contributed by atoms with Crippen molar-refractivity contribution in [1.29, 1.82) is 0 Å². The van der Waals surface area contributed by atoms with E-state index in [1.54, 1.807) is 29.2 Å². The molecule has 0 aliphatic heterocycles. The van der Waals surface area contributed by atoms with E-state index in [1.807, 2.05) is 0 Å². The molecular weight excluding hydrogens is 156 g/mol. The number of amides is 1. The Kier molecular flexibility index (Phi) is 1.30. The highest BCUT2D eigenvalue weighted by molar-refractivity contribution is 5.90. The summed E-state index contributed by atoms with van der Waals surface area (Å²) in [4.78, 5) is 18.5. The van der Waals surface area contributed by atoms with E-state index in [1.165, 1.54) is 0 Å². The zero-order valence-electron chi connectivity index (χ0n) is 6.14. The van der Waals surface area contributed by atoms with Crippen LogP contribution in [0.3, 0.4) is 0 Å². The Labute approximate surface area is 67.9 Å². The topological polar surface area (TPSA) is 73.3 Å². The van der Waals surface area contributed by atoms with Crippen molar-refractivity contribution in [3.05, 3.63) is 30.6 Å². The van der Waals surface area contributed by atoms with Gasteiger partial charge < -0.3 is 5.73 Å². The molecule has 0 bridgehead atoms. The van der Waals surface area contributed by atoms with Crippen molar-refractivity contribution in [3.8, 4) is 0 Å².